The minimum absolute atomic E-state index is 0. The zero-order valence-corrected chi connectivity index (χ0v) is 12.5. The Morgan fingerprint density at radius 1 is 1.38 bits per heavy atom. The smallest absolute Gasteiger partial charge is 0.123 e. The Bertz CT molecular complexity index is 250. The predicted octanol–water partition coefficient (Wildman–Crippen LogP) is -0.251. The van der Waals surface area contributed by atoms with Gasteiger partial charge in [-0.25, -0.2) is 4.39 Å². The van der Waals surface area contributed by atoms with Gasteiger partial charge in [0.25, 0.3) is 0 Å². The van der Waals surface area contributed by atoms with Gasteiger partial charge in [0.15, 0.2) is 0 Å². The fourth-order valence-corrected chi connectivity index (χ4v) is 0.925. The third kappa shape index (κ3) is 6.33. The molecule has 0 atom stereocenters. The standard InChI is InChI=1S/C10H10F.HI.Zn/c1-2-3-5-9-6-4-7-10(11)8-9;;/h4,6-8H,1,3,5H2;1H;/p-1. The van der Waals surface area contributed by atoms with Crippen LogP contribution in [0.4, 0.5) is 4.39 Å². The van der Waals surface area contributed by atoms with Gasteiger partial charge in [0.05, 0.1) is 0 Å². The molecular weight excluding hydrogens is 331 g/mol. The Labute approximate surface area is 108 Å². The summed E-state index contributed by atoms with van der Waals surface area (Å²) in [5, 5.41) is 0. The average molecular weight is 341 g/mol. The Kier molecular flexibility index (Phi) is 10.7. The van der Waals surface area contributed by atoms with Gasteiger partial charge >= 0.3 is 0 Å². The van der Waals surface area contributed by atoms with Crippen LogP contribution in [-0.4, -0.2) is 0 Å². The van der Waals surface area contributed by atoms with Crippen LogP contribution in [0.25, 0.3) is 0 Å². The third-order valence-corrected chi connectivity index (χ3v) is 1.48. The van der Waals surface area contributed by atoms with Gasteiger partial charge in [-0.2, -0.15) is 0 Å². The van der Waals surface area contributed by atoms with Crippen LogP contribution in [0.5, 0.6) is 0 Å². The summed E-state index contributed by atoms with van der Waals surface area (Å²) in [6.45, 7) is 3.48. The second kappa shape index (κ2) is 8.82. The minimum atomic E-state index is -0.174. The monoisotopic (exact) mass is 340 g/mol. The molecule has 0 amide bonds. The second-order valence-electron chi connectivity index (χ2n) is 2.38. The van der Waals surface area contributed by atoms with Crippen LogP contribution < -0.4 is 24.0 Å². The van der Waals surface area contributed by atoms with Gasteiger partial charge in [-0.15, -0.1) is 0 Å². The fourth-order valence-electron chi connectivity index (χ4n) is 0.925. The summed E-state index contributed by atoms with van der Waals surface area (Å²) >= 11 is 0. The molecule has 1 radical (unpaired) electrons. The van der Waals surface area contributed by atoms with Crippen molar-refractivity contribution in [3.05, 3.63) is 48.3 Å². The molecule has 0 saturated carbocycles. The number of hydrogen-bond acceptors (Lipinski definition) is 0. The molecule has 1 aromatic rings. The molecule has 0 aliphatic carbocycles. The molecule has 0 bridgehead atoms. The van der Waals surface area contributed by atoms with Gasteiger partial charge in [0.1, 0.15) is 5.82 Å². The van der Waals surface area contributed by atoms with E-state index in [1.54, 1.807) is 6.07 Å². The van der Waals surface area contributed by atoms with Crippen LogP contribution in [0.2, 0.25) is 0 Å². The van der Waals surface area contributed by atoms with Crippen molar-refractivity contribution < 1.29 is 47.8 Å². The SMILES string of the molecule is C=[C]CCc1cccc(F)c1.[I-].[Zn]. The van der Waals surface area contributed by atoms with Crippen LogP contribution >= 0.6 is 0 Å². The Hall–Kier alpha value is 0.243. The second-order valence-corrected chi connectivity index (χ2v) is 2.38. The Balaban J connectivity index is 0. The number of allylic oxidation sites excluding steroid dienone is 1. The molecule has 0 aliphatic heterocycles. The number of benzene rings is 1. The number of rotatable bonds is 3. The molecule has 0 nitrogen and oxygen atoms in total. The van der Waals surface area contributed by atoms with Crippen molar-refractivity contribution >= 4 is 0 Å². The van der Waals surface area contributed by atoms with Gasteiger partial charge in [-0.05, 0) is 30.5 Å². The van der Waals surface area contributed by atoms with Crippen molar-refractivity contribution in [2.75, 3.05) is 0 Å². The fraction of sp³-hybridized carbons (Fsp3) is 0.200. The average Bonchev–Trinajstić information content (AvgIpc) is 2.01. The first-order chi connectivity index (χ1) is 5.33. The molecule has 0 heterocycles. The number of hydrogen-bond donors (Lipinski definition) is 0. The molecule has 0 unspecified atom stereocenters. The summed E-state index contributed by atoms with van der Waals surface area (Å²) in [5.41, 5.74) is 1.00. The molecule has 0 spiro atoms. The maximum atomic E-state index is 12.6. The van der Waals surface area contributed by atoms with Crippen LogP contribution in [-0.2, 0) is 25.9 Å². The van der Waals surface area contributed by atoms with Gasteiger partial charge < -0.3 is 24.0 Å². The van der Waals surface area contributed by atoms with E-state index in [9.17, 15) is 4.39 Å². The molecule has 3 heteroatoms. The topological polar surface area (TPSA) is 0 Å². The first kappa shape index (κ1) is 15.7. The molecule has 0 fully saturated rings. The maximum Gasteiger partial charge on any atom is 0.123 e. The van der Waals surface area contributed by atoms with Crippen LogP contribution in [0.3, 0.4) is 0 Å². The van der Waals surface area contributed by atoms with Crippen molar-refractivity contribution in [3.8, 4) is 0 Å². The van der Waals surface area contributed by atoms with E-state index in [4.69, 9.17) is 0 Å². The summed E-state index contributed by atoms with van der Waals surface area (Å²) < 4.78 is 12.6. The van der Waals surface area contributed by atoms with E-state index in [1.807, 2.05) is 6.07 Å². The van der Waals surface area contributed by atoms with Crippen molar-refractivity contribution in [1.29, 1.82) is 0 Å². The molecular formula is C10H10FIZn-. The van der Waals surface area contributed by atoms with E-state index in [1.165, 1.54) is 12.1 Å². The minimum Gasteiger partial charge on any atom is -1.00 e. The van der Waals surface area contributed by atoms with Crippen molar-refractivity contribution in [2.45, 2.75) is 12.8 Å². The van der Waals surface area contributed by atoms with Gasteiger partial charge in [0, 0.05) is 19.5 Å². The maximum absolute atomic E-state index is 12.6. The van der Waals surface area contributed by atoms with Crippen LogP contribution in [0, 0.1) is 11.9 Å². The number of aryl methyl sites for hydroxylation is 1. The number of halogens is 2. The quantitative estimate of drug-likeness (QED) is 0.525. The van der Waals surface area contributed by atoms with Gasteiger partial charge in [-0.1, -0.05) is 24.8 Å². The third-order valence-electron chi connectivity index (χ3n) is 1.48. The van der Waals surface area contributed by atoms with E-state index in [-0.39, 0.29) is 49.3 Å². The van der Waals surface area contributed by atoms with Crippen molar-refractivity contribution in [2.24, 2.45) is 0 Å². The summed E-state index contributed by atoms with van der Waals surface area (Å²) in [7, 11) is 0. The van der Waals surface area contributed by atoms with Crippen molar-refractivity contribution in [3.63, 3.8) is 0 Å². The summed E-state index contributed by atoms with van der Waals surface area (Å²) in [4.78, 5) is 0. The van der Waals surface area contributed by atoms with E-state index in [2.05, 4.69) is 12.7 Å². The van der Waals surface area contributed by atoms with E-state index in [0.29, 0.717) is 0 Å². The zero-order valence-electron chi connectivity index (χ0n) is 7.39. The molecule has 1 rings (SSSR count). The largest absolute Gasteiger partial charge is 1.00 e. The predicted molar refractivity (Wildman–Crippen MR) is 43.6 cm³/mol. The van der Waals surface area contributed by atoms with Crippen molar-refractivity contribution in [1.82, 2.24) is 0 Å². The van der Waals surface area contributed by atoms with E-state index < -0.39 is 0 Å². The molecule has 1 aromatic carbocycles. The molecule has 0 aliphatic rings. The Morgan fingerprint density at radius 3 is 2.62 bits per heavy atom. The Morgan fingerprint density at radius 2 is 2.08 bits per heavy atom. The summed E-state index contributed by atoms with van der Waals surface area (Å²) in [5.74, 6) is -0.174. The van der Waals surface area contributed by atoms with Crippen LogP contribution in [0.1, 0.15) is 12.0 Å². The zero-order chi connectivity index (χ0) is 8.10. The van der Waals surface area contributed by atoms with Crippen LogP contribution in [0.15, 0.2) is 30.8 Å². The molecule has 67 valence electrons. The first-order valence-corrected chi connectivity index (χ1v) is 3.57. The van der Waals surface area contributed by atoms with Gasteiger partial charge in [0.2, 0.25) is 0 Å². The summed E-state index contributed by atoms with van der Waals surface area (Å²) in [6.07, 6.45) is 4.37. The normalized spacial score (nSPS) is 8.08. The molecule has 0 N–H and O–H groups in total. The molecule has 0 aromatic heterocycles. The van der Waals surface area contributed by atoms with E-state index in [0.717, 1.165) is 18.4 Å². The molecule has 0 saturated heterocycles. The van der Waals surface area contributed by atoms with Gasteiger partial charge in [-0.3, -0.25) is 0 Å². The summed E-state index contributed by atoms with van der Waals surface area (Å²) in [6, 6.07) is 6.60. The van der Waals surface area contributed by atoms with E-state index >= 15 is 0 Å². The first-order valence-electron chi connectivity index (χ1n) is 3.57. The molecule has 13 heavy (non-hydrogen) atoms.